The molecule has 1 aliphatic carbocycles. The van der Waals surface area contributed by atoms with Gasteiger partial charge in [-0.3, -0.25) is 14.2 Å². The largest absolute Gasteiger partial charge is 0.361 e. The Labute approximate surface area is 196 Å². The number of rotatable bonds is 6. The Kier molecular flexibility index (Phi) is 4.95. The van der Waals surface area contributed by atoms with Crippen LogP contribution in [-0.4, -0.2) is 31.3 Å². The van der Waals surface area contributed by atoms with Crippen LogP contribution in [0, 0.1) is 6.92 Å². The number of amides is 1. The summed E-state index contributed by atoms with van der Waals surface area (Å²) in [6, 6.07) is 20.1. The molecule has 2 aromatic carbocycles. The van der Waals surface area contributed by atoms with E-state index in [0.29, 0.717) is 24.0 Å². The van der Waals surface area contributed by atoms with Crippen LogP contribution in [0.3, 0.4) is 0 Å². The molecule has 1 saturated carbocycles. The second-order valence-corrected chi connectivity index (χ2v) is 8.75. The van der Waals surface area contributed by atoms with Gasteiger partial charge in [0.25, 0.3) is 5.91 Å². The normalized spacial score (nSPS) is 13.3. The number of anilines is 1. The Balaban J connectivity index is 1.42. The number of imidazole rings is 1. The van der Waals surface area contributed by atoms with E-state index >= 15 is 0 Å². The van der Waals surface area contributed by atoms with Crippen molar-refractivity contribution in [2.24, 2.45) is 0 Å². The Morgan fingerprint density at radius 3 is 2.68 bits per heavy atom. The van der Waals surface area contributed by atoms with Gasteiger partial charge in [-0.05, 0) is 61.7 Å². The molecule has 3 heterocycles. The highest BCUT2D eigenvalue weighted by molar-refractivity contribution is 5.95. The third-order valence-electron chi connectivity index (χ3n) is 6.10. The number of hydrogen-bond acceptors (Lipinski definition) is 5. The van der Waals surface area contributed by atoms with Crippen molar-refractivity contribution in [3.8, 4) is 11.3 Å². The molecule has 5 aromatic rings. The smallest absolute Gasteiger partial charge is 0.251 e. The second kappa shape index (κ2) is 8.26. The molecule has 7 nitrogen and oxygen atoms in total. The van der Waals surface area contributed by atoms with Crippen LogP contribution in [0.1, 0.15) is 34.5 Å². The van der Waals surface area contributed by atoms with Crippen LogP contribution in [0.5, 0.6) is 0 Å². The lowest BCUT2D eigenvalue weighted by Crippen LogP contribution is -2.25. The molecule has 7 heteroatoms. The summed E-state index contributed by atoms with van der Waals surface area (Å²) in [6.07, 6.45) is 5.79. The van der Waals surface area contributed by atoms with Crippen LogP contribution < -0.4 is 10.6 Å². The predicted molar refractivity (Wildman–Crippen MR) is 133 cm³/mol. The highest BCUT2D eigenvalue weighted by atomic mass is 16.1. The van der Waals surface area contributed by atoms with Crippen LogP contribution in [0.2, 0.25) is 0 Å². The number of nitrogens with one attached hydrogen (secondary N) is 2. The van der Waals surface area contributed by atoms with Crippen molar-refractivity contribution in [2.45, 2.75) is 32.4 Å². The first-order chi connectivity index (χ1) is 16.7. The molecule has 34 heavy (non-hydrogen) atoms. The summed E-state index contributed by atoms with van der Waals surface area (Å²) in [5, 5.41) is 6.46. The molecule has 0 bridgehead atoms. The van der Waals surface area contributed by atoms with E-state index in [1.807, 2.05) is 48.7 Å². The minimum absolute atomic E-state index is 0.0154. The van der Waals surface area contributed by atoms with Gasteiger partial charge in [0.2, 0.25) is 0 Å². The van der Waals surface area contributed by atoms with E-state index in [1.165, 1.54) is 0 Å². The number of pyridine rings is 1. The Hall–Kier alpha value is -4.26. The first kappa shape index (κ1) is 20.4. The average Bonchev–Trinajstić information content (AvgIpc) is 3.57. The number of fused-ring (bicyclic) bond motifs is 3. The van der Waals surface area contributed by atoms with Gasteiger partial charge in [0.05, 0.1) is 35.2 Å². The molecule has 1 aliphatic rings. The maximum absolute atomic E-state index is 12.4. The van der Waals surface area contributed by atoms with Gasteiger partial charge in [-0.1, -0.05) is 24.3 Å². The van der Waals surface area contributed by atoms with Gasteiger partial charge in [0.1, 0.15) is 0 Å². The zero-order chi connectivity index (χ0) is 23.1. The van der Waals surface area contributed by atoms with Crippen molar-refractivity contribution in [2.75, 3.05) is 5.32 Å². The van der Waals surface area contributed by atoms with Gasteiger partial charge in [0, 0.05) is 23.4 Å². The maximum atomic E-state index is 12.4. The summed E-state index contributed by atoms with van der Waals surface area (Å²) >= 11 is 0. The number of benzene rings is 2. The summed E-state index contributed by atoms with van der Waals surface area (Å²) in [6.45, 7) is 2.61. The minimum atomic E-state index is -0.0154. The van der Waals surface area contributed by atoms with E-state index < -0.39 is 0 Å². The van der Waals surface area contributed by atoms with E-state index in [-0.39, 0.29) is 5.91 Å². The van der Waals surface area contributed by atoms with Crippen LogP contribution in [0.25, 0.3) is 27.9 Å². The Bertz CT molecular complexity index is 1500. The lowest BCUT2D eigenvalue weighted by molar-refractivity contribution is 0.0951. The number of carbonyl (C=O) groups excluding carboxylic acids is 1. The summed E-state index contributed by atoms with van der Waals surface area (Å²) < 4.78 is 2.13. The predicted octanol–water partition coefficient (Wildman–Crippen LogP) is 4.76. The lowest BCUT2D eigenvalue weighted by Gasteiger charge is -2.12. The van der Waals surface area contributed by atoms with Gasteiger partial charge in [-0.2, -0.15) is 0 Å². The van der Waals surface area contributed by atoms with Crippen molar-refractivity contribution < 1.29 is 4.79 Å². The highest BCUT2D eigenvalue weighted by Gasteiger charge is 2.24. The molecule has 0 saturated heterocycles. The molecule has 0 radical (unpaired) electrons. The minimum Gasteiger partial charge on any atom is -0.361 e. The summed E-state index contributed by atoms with van der Waals surface area (Å²) in [5.41, 5.74) is 7.28. The van der Waals surface area contributed by atoms with E-state index in [4.69, 9.17) is 9.97 Å². The summed E-state index contributed by atoms with van der Waals surface area (Å²) in [4.78, 5) is 26.4. The number of hydrogen-bond donors (Lipinski definition) is 2. The SMILES string of the molecule is Cc1ccc2c(c1)nc(NCc1ccccn1)c1ncc(-c3ccc(C(=O)NC4CC4)cc3)n12. The second-order valence-electron chi connectivity index (χ2n) is 8.75. The quantitative estimate of drug-likeness (QED) is 0.391. The van der Waals surface area contributed by atoms with E-state index in [2.05, 4.69) is 45.1 Å². The first-order valence-corrected chi connectivity index (χ1v) is 11.5. The molecular weight excluding hydrogens is 424 g/mol. The molecule has 1 fully saturated rings. The molecule has 1 amide bonds. The first-order valence-electron chi connectivity index (χ1n) is 11.5. The average molecular weight is 449 g/mol. The van der Waals surface area contributed by atoms with E-state index in [0.717, 1.165) is 52.0 Å². The molecule has 0 aliphatic heterocycles. The summed E-state index contributed by atoms with van der Waals surface area (Å²) in [7, 11) is 0. The fourth-order valence-electron chi connectivity index (χ4n) is 4.13. The standard InChI is InChI=1S/C27H24N6O/c1-17-5-12-23-22(14-17)32-25(29-15-21-4-2-3-13-28-21)26-30-16-24(33(23)26)18-6-8-19(9-7-18)27(34)31-20-10-11-20/h2-9,12-14,16,20H,10-11,15H2,1H3,(H,29,32)(H,31,34). The Morgan fingerprint density at radius 1 is 1.06 bits per heavy atom. The maximum Gasteiger partial charge on any atom is 0.251 e. The topological polar surface area (TPSA) is 84.2 Å². The molecule has 3 aromatic heterocycles. The van der Waals surface area contributed by atoms with Crippen molar-refractivity contribution in [1.29, 1.82) is 0 Å². The number of carbonyl (C=O) groups is 1. The zero-order valence-corrected chi connectivity index (χ0v) is 18.8. The van der Waals surface area contributed by atoms with Gasteiger partial charge in [0.15, 0.2) is 11.5 Å². The molecule has 0 spiro atoms. The molecule has 0 unspecified atom stereocenters. The van der Waals surface area contributed by atoms with Crippen molar-refractivity contribution in [1.82, 2.24) is 24.7 Å². The molecular formula is C27H24N6O. The molecule has 0 atom stereocenters. The van der Waals surface area contributed by atoms with E-state index in [9.17, 15) is 4.79 Å². The van der Waals surface area contributed by atoms with Crippen molar-refractivity contribution in [3.63, 3.8) is 0 Å². The fourth-order valence-corrected chi connectivity index (χ4v) is 4.13. The van der Waals surface area contributed by atoms with Crippen LogP contribution in [0.4, 0.5) is 5.82 Å². The summed E-state index contributed by atoms with van der Waals surface area (Å²) in [5.74, 6) is 0.689. The van der Waals surface area contributed by atoms with Gasteiger partial charge >= 0.3 is 0 Å². The Morgan fingerprint density at radius 2 is 1.91 bits per heavy atom. The number of aryl methyl sites for hydroxylation is 1. The highest BCUT2D eigenvalue weighted by Crippen LogP contribution is 2.29. The third kappa shape index (κ3) is 3.85. The van der Waals surface area contributed by atoms with E-state index in [1.54, 1.807) is 6.20 Å². The van der Waals surface area contributed by atoms with Crippen LogP contribution in [-0.2, 0) is 6.54 Å². The van der Waals surface area contributed by atoms with Crippen LogP contribution in [0.15, 0.2) is 73.1 Å². The monoisotopic (exact) mass is 448 g/mol. The van der Waals surface area contributed by atoms with Crippen LogP contribution >= 0.6 is 0 Å². The van der Waals surface area contributed by atoms with Gasteiger partial charge < -0.3 is 10.6 Å². The lowest BCUT2D eigenvalue weighted by atomic mass is 10.1. The van der Waals surface area contributed by atoms with Crippen molar-refractivity contribution in [3.05, 3.63) is 89.9 Å². The van der Waals surface area contributed by atoms with Gasteiger partial charge in [-0.15, -0.1) is 0 Å². The molecule has 168 valence electrons. The molecule has 6 rings (SSSR count). The fraction of sp³-hybridized carbons (Fsp3) is 0.185. The van der Waals surface area contributed by atoms with Crippen molar-refractivity contribution >= 4 is 28.4 Å². The van der Waals surface area contributed by atoms with Gasteiger partial charge in [-0.25, -0.2) is 9.97 Å². The third-order valence-corrected chi connectivity index (χ3v) is 6.10. The number of nitrogens with zero attached hydrogens (tertiary/aromatic N) is 4. The molecule has 2 N–H and O–H groups in total. The zero-order valence-electron chi connectivity index (χ0n) is 18.8. The number of aromatic nitrogens is 4.